The summed E-state index contributed by atoms with van der Waals surface area (Å²) in [4.78, 5) is 11.1. The van der Waals surface area contributed by atoms with Gasteiger partial charge in [-0.3, -0.25) is 4.79 Å². The molecule has 0 bridgehead atoms. The number of hydrazone groups is 1. The molecular formula is C10H20N2O. The molecule has 0 atom stereocenters. The molecule has 0 rings (SSSR count). The standard InChI is InChI=1S/C10H20N2O/c1-4-6-8-10(13)12-11-9(3)7-5-2/h4-8H2,1-3H3,(H,12,13). The van der Waals surface area contributed by atoms with Crippen LogP contribution in [0, 0.1) is 0 Å². The molecule has 0 fully saturated rings. The van der Waals surface area contributed by atoms with Gasteiger partial charge in [0.2, 0.25) is 5.91 Å². The maximum absolute atomic E-state index is 11.1. The second kappa shape index (κ2) is 7.77. The van der Waals surface area contributed by atoms with E-state index in [1.165, 1.54) is 0 Å². The first-order valence-electron chi connectivity index (χ1n) is 5.02. The summed E-state index contributed by atoms with van der Waals surface area (Å²) in [6.07, 6.45) is 4.59. The Morgan fingerprint density at radius 1 is 1.23 bits per heavy atom. The minimum atomic E-state index is 0.0253. The van der Waals surface area contributed by atoms with Crippen LogP contribution in [-0.4, -0.2) is 11.6 Å². The third-order valence-electron chi connectivity index (χ3n) is 1.74. The summed E-state index contributed by atoms with van der Waals surface area (Å²) < 4.78 is 0. The van der Waals surface area contributed by atoms with Gasteiger partial charge in [-0.1, -0.05) is 26.7 Å². The second-order valence-corrected chi connectivity index (χ2v) is 3.24. The van der Waals surface area contributed by atoms with E-state index in [4.69, 9.17) is 0 Å². The first-order valence-corrected chi connectivity index (χ1v) is 5.02. The lowest BCUT2D eigenvalue weighted by atomic mass is 10.2. The zero-order valence-corrected chi connectivity index (χ0v) is 8.89. The van der Waals surface area contributed by atoms with Gasteiger partial charge in [-0.05, 0) is 19.8 Å². The highest BCUT2D eigenvalue weighted by Crippen LogP contribution is 1.94. The topological polar surface area (TPSA) is 41.5 Å². The van der Waals surface area contributed by atoms with E-state index in [0.717, 1.165) is 31.4 Å². The lowest BCUT2D eigenvalue weighted by molar-refractivity contribution is -0.121. The van der Waals surface area contributed by atoms with Gasteiger partial charge in [0.1, 0.15) is 0 Å². The van der Waals surface area contributed by atoms with Crippen LogP contribution in [0.4, 0.5) is 0 Å². The van der Waals surface area contributed by atoms with E-state index < -0.39 is 0 Å². The minimum Gasteiger partial charge on any atom is -0.273 e. The van der Waals surface area contributed by atoms with Gasteiger partial charge in [0, 0.05) is 12.1 Å². The molecule has 1 N–H and O–H groups in total. The first kappa shape index (κ1) is 12.1. The minimum absolute atomic E-state index is 0.0253. The summed E-state index contributed by atoms with van der Waals surface area (Å²) in [5.41, 5.74) is 3.54. The summed E-state index contributed by atoms with van der Waals surface area (Å²) in [5, 5.41) is 3.98. The van der Waals surface area contributed by atoms with Crippen LogP contribution in [0.25, 0.3) is 0 Å². The summed E-state index contributed by atoms with van der Waals surface area (Å²) in [7, 11) is 0. The molecular weight excluding hydrogens is 164 g/mol. The first-order chi connectivity index (χ1) is 6.20. The number of carbonyl (C=O) groups is 1. The van der Waals surface area contributed by atoms with Crippen molar-refractivity contribution in [2.45, 2.75) is 52.9 Å². The molecule has 0 radical (unpaired) electrons. The van der Waals surface area contributed by atoms with Crippen molar-refractivity contribution in [2.75, 3.05) is 0 Å². The van der Waals surface area contributed by atoms with Crippen LogP contribution in [0.5, 0.6) is 0 Å². The van der Waals surface area contributed by atoms with Crippen molar-refractivity contribution < 1.29 is 4.79 Å². The maximum atomic E-state index is 11.1. The number of hydrogen-bond donors (Lipinski definition) is 1. The molecule has 3 heteroatoms. The monoisotopic (exact) mass is 184 g/mol. The maximum Gasteiger partial charge on any atom is 0.240 e. The Bertz CT molecular complexity index is 176. The zero-order valence-electron chi connectivity index (χ0n) is 8.89. The van der Waals surface area contributed by atoms with Crippen LogP contribution in [0.2, 0.25) is 0 Å². The second-order valence-electron chi connectivity index (χ2n) is 3.24. The van der Waals surface area contributed by atoms with Crippen LogP contribution < -0.4 is 5.43 Å². The third kappa shape index (κ3) is 7.50. The van der Waals surface area contributed by atoms with Crippen molar-refractivity contribution in [1.82, 2.24) is 5.43 Å². The number of amides is 1. The van der Waals surface area contributed by atoms with Gasteiger partial charge in [-0.15, -0.1) is 0 Å². The van der Waals surface area contributed by atoms with Crippen molar-refractivity contribution in [1.29, 1.82) is 0 Å². The molecule has 0 saturated heterocycles. The molecule has 0 saturated carbocycles. The molecule has 3 nitrogen and oxygen atoms in total. The van der Waals surface area contributed by atoms with Gasteiger partial charge in [-0.2, -0.15) is 5.10 Å². The lowest BCUT2D eigenvalue weighted by Crippen LogP contribution is -2.18. The van der Waals surface area contributed by atoms with Crippen molar-refractivity contribution in [3.63, 3.8) is 0 Å². The fraction of sp³-hybridized carbons (Fsp3) is 0.800. The molecule has 0 aromatic carbocycles. The largest absolute Gasteiger partial charge is 0.273 e. The Balaban J connectivity index is 3.60. The van der Waals surface area contributed by atoms with Crippen LogP contribution in [0.3, 0.4) is 0 Å². The van der Waals surface area contributed by atoms with Gasteiger partial charge in [0.15, 0.2) is 0 Å². The highest BCUT2D eigenvalue weighted by atomic mass is 16.2. The molecule has 1 amide bonds. The highest BCUT2D eigenvalue weighted by Gasteiger charge is 1.97. The average Bonchev–Trinajstić information content (AvgIpc) is 2.12. The SMILES string of the molecule is CCCCC(=O)NN=C(C)CCC. The van der Waals surface area contributed by atoms with E-state index in [9.17, 15) is 4.79 Å². The smallest absolute Gasteiger partial charge is 0.240 e. The van der Waals surface area contributed by atoms with E-state index in [0.29, 0.717) is 6.42 Å². The molecule has 0 aliphatic rings. The fourth-order valence-electron chi connectivity index (χ4n) is 0.969. The lowest BCUT2D eigenvalue weighted by Gasteiger charge is -2.00. The number of hydrogen-bond acceptors (Lipinski definition) is 2. The van der Waals surface area contributed by atoms with E-state index in [1.54, 1.807) is 0 Å². The normalized spacial score (nSPS) is 11.5. The third-order valence-corrected chi connectivity index (χ3v) is 1.74. The van der Waals surface area contributed by atoms with E-state index in [2.05, 4.69) is 24.4 Å². The summed E-state index contributed by atoms with van der Waals surface area (Å²) in [5.74, 6) is 0.0253. The zero-order chi connectivity index (χ0) is 10.1. The van der Waals surface area contributed by atoms with Crippen LogP contribution in [0.1, 0.15) is 52.9 Å². The number of nitrogens with one attached hydrogen (secondary N) is 1. The van der Waals surface area contributed by atoms with Crippen molar-refractivity contribution in [3.8, 4) is 0 Å². The number of unbranched alkanes of at least 4 members (excludes halogenated alkanes) is 1. The Hall–Kier alpha value is -0.860. The molecule has 0 aliphatic carbocycles. The van der Waals surface area contributed by atoms with Gasteiger partial charge in [0.05, 0.1) is 0 Å². The summed E-state index contributed by atoms with van der Waals surface area (Å²) in [6, 6.07) is 0. The van der Waals surface area contributed by atoms with Crippen LogP contribution in [0.15, 0.2) is 5.10 Å². The Morgan fingerprint density at radius 3 is 2.46 bits per heavy atom. The van der Waals surface area contributed by atoms with Gasteiger partial charge in [-0.25, -0.2) is 5.43 Å². The van der Waals surface area contributed by atoms with Crippen molar-refractivity contribution >= 4 is 11.6 Å². The Labute approximate surface area is 80.6 Å². The summed E-state index contributed by atoms with van der Waals surface area (Å²) in [6.45, 7) is 6.10. The van der Waals surface area contributed by atoms with E-state index in [1.807, 2.05) is 6.92 Å². The number of nitrogens with zero attached hydrogens (tertiary/aromatic N) is 1. The quantitative estimate of drug-likeness (QED) is 0.500. The average molecular weight is 184 g/mol. The predicted octanol–water partition coefficient (Wildman–Crippen LogP) is 2.47. The van der Waals surface area contributed by atoms with Gasteiger partial charge >= 0.3 is 0 Å². The number of rotatable bonds is 6. The highest BCUT2D eigenvalue weighted by molar-refractivity contribution is 5.84. The van der Waals surface area contributed by atoms with E-state index in [-0.39, 0.29) is 5.91 Å². The van der Waals surface area contributed by atoms with Crippen LogP contribution >= 0.6 is 0 Å². The Kier molecular flexibility index (Phi) is 7.26. The Morgan fingerprint density at radius 2 is 1.92 bits per heavy atom. The fourth-order valence-corrected chi connectivity index (χ4v) is 0.969. The summed E-state index contributed by atoms with van der Waals surface area (Å²) >= 11 is 0. The molecule has 0 aromatic heterocycles. The molecule has 0 spiro atoms. The molecule has 13 heavy (non-hydrogen) atoms. The van der Waals surface area contributed by atoms with E-state index >= 15 is 0 Å². The molecule has 0 aromatic rings. The molecule has 0 unspecified atom stereocenters. The van der Waals surface area contributed by atoms with Crippen LogP contribution in [-0.2, 0) is 4.79 Å². The molecule has 0 aliphatic heterocycles. The predicted molar refractivity (Wildman–Crippen MR) is 55.7 cm³/mol. The van der Waals surface area contributed by atoms with Gasteiger partial charge in [0.25, 0.3) is 0 Å². The van der Waals surface area contributed by atoms with Crippen molar-refractivity contribution in [3.05, 3.63) is 0 Å². The molecule has 76 valence electrons. The number of carbonyl (C=O) groups excluding carboxylic acids is 1. The molecule has 0 heterocycles. The van der Waals surface area contributed by atoms with Crippen molar-refractivity contribution in [2.24, 2.45) is 5.10 Å². The van der Waals surface area contributed by atoms with Gasteiger partial charge < -0.3 is 0 Å².